The molecule has 4 aromatic heterocycles. The molecule has 1 saturated heterocycles. The lowest BCUT2D eigenvalue weighted by atomic mass is 10.2. The number of ether oxygens (including phenoxy) is 1. The van der Waals surface area contributed by atoms with Crippen molar-refractivity contribution in [1.29, 1.82) is 0 Å². The number of nitrogens with one attached hydrogen (secondary N) is 2. The summed E-state index contributed by atoms with van der Waals surface area (Å²) in [5, 5.41) is 15.8. The van der Waals surface area contributed by atoms with E-state index >= 15 is 0 Å². The fraction of sp³-hybridized carbons (Fsp3) is 0.381. The number of fused-ring (bicyclic) bond motifs is 1. The lowest BCUT2D eigenvalue weighted by molar-refractivity contribution is 0.0398. The molecule has 0 unspecified atom stereocenters. The van der Waals surface area contributed by atoms with Crippen molar-refractivity contribution in [2.24, 2.45) is 0 Å². The van der Waals surface area contributed by atoms with Gasteiger partial charge in [0.05, 0.1) is 30.0 Å². The molecule has 1 aliphatic heterocycles. The van der Waals surface area contributed by atoms with Gasteiger partial charge in [0, 0.05) is 45.0 Å². The molecule has 0 aromatic carbocycles. The van der Waals surface area contributed by atoms with Crippen LogP contribution in [0.2, 0.25) is 0 Å². The maximum atomic E-state index is 5.38. The standard InChI is InChI=1S/C21H24N8OS/c1(15-4-12-31-14-15)2-18-22-5-3-17(25-18)19-16-13-24-21(26-20(16)28-27-19)23-6-7-29-8-10-30-11-9-29/h3-5,12-14H,1-2,6-11H2,(H2,23,24,26,27,28). The van der Waals surface area contributed by atoms with Crippen LogP contribution >= 0.6 is 11.3 Å². The van der Waals surface area contributed by atoms with Crippen LogP contribution in [0.15, 0.2) is 35.3 Å². The number of hydrogen-bond acceptors (Lipinski definition) is 9. The summed E-state index contributed by atoms with van der Waals surface area (Å²) >= 11 is 1.71. The molecule has 0 radical (unpaired) electrons. The molecule has 31 heavy (non-hydrogen) atoms. The fourth-order valence-corrected chi connectivity index (χ4v) is 4.29. The first-order valence-electron chi connectivity index (χ1n) is 10.4. The molecule has 5 rings (SSSR count). The van der Waals surface area contributed by atoms with E-state index in [1.54, 1.807) is 23.7 Å². The first-order chi connectivity index (χ1) is 15.3. The second kappa shape index (κ2) is 9.46. The molecule has 0 amide bonds. The number of H-pyrrole nitrogens is 1. The summed E-state index contributed by atoms with van der Waals surface area (Å²) in [7, 11) is 0. The Balaban J connectivity index is 1.25. The Morgan fingerprint density at radius 3 is 2.94 bits per heavy atom. The number of rotatable bonds is 8. The maximum absolute atomic E-state index is 5.38. The van der Waals surface area contributed by atoms with E-state index in [4.69, 9.17) is 9.72 Å². The molecule has 0 spiro atoms. The monoisotopic (exact) mass is 436 g/mol. The molecule has 1 fully saturated rings. The Morgan fingerprint density at radius 2 is 2.06 bits per heavy atom. The molecule has 160 valence electrons. The number of hydrogen-bond donors (Lipinski definition) is 2. The summed E-state index contributed by atoms with van der Waals surface area (Å²) in [5.41, 5.74) is 3.55. The van der Waals surface area contributed by atoms with E-state index in [0.717, 1.165) is 74.8 Å². The molecule has 2 N–H and O–H groups in total. The summed E-state index contributed by atoms with van der Waals surface area (Å²) in [5.74, 6) is 1.40. The van der Waals surface area contributed by atoms with Gasteiger partial charge in [-0.2, -0.15) is 21.4 Å². The van der Waals surface area contributed by atoms with Crippen LogP contribution in [-0.4, -0.2) is 74.4 Å². The Morgan fingerprint density at radius 1 is 1.13 bits per heavy atom. The number of aromatic amines is 1. The van der Waals surface area contributed by atoms with Crippen LogP contribution in [0.5, 0.6) is 0 Å². The smallest absolute Gasteiger partial charge is 0.224 e. The highest BCUT2D eigenvalue weighted by atomic mass is 32.1. The van der Waals surface area contributed by atoms with Crippen molar-refractivity contribution in [2.45, 2.75) is 12.8 Å². The largest absolute Gasteiger partial charge is 0.379 e. The van der Waals surface area contributed by atoms with Gasteiger partial charge in [-0.1, -0.05) is 0 Å². The lowest BCUT2D eigenvalue weighted by Crippen LogP contribution is -2.39. The molecule has 1 aliphatic rings. The van der Waals surface area contributed by atoms with Gasteiger partial charge in [-0.05, 0) is 34.9 Å². The number of thiophene rings is 1. The van der Waals surface area contributed by atoms with Crippen molar-refractivity contribution >= 4 is 28.3 Å². The zero-order chi connectivity index (χ0) is 20.9. The minimum absolute atomic E-state index is 0.581. The topological polar surface area (TPSA) is 105 Å². The van der Waals surface area contributed by atoms with Gasteiger partial charge >= 0.3 is 0 Å². The average Bonchev–Trinajstić information content (AvgIpc) is 3.48. The van der Waals surface area contributed by atoms with Gasteiger partial charge in [-0.15, -0.1) is 0 Å². The Hall–Kier alpha value is -2.95. The SMILES string of the molecule is c1cc(-c2[nH]nc3nc(NCCN4CCOCC4)ncc23)nc(CCc2ccsc2)n1. The van der Waals surface area contributed by atoms with E-state index < -0.39 is 0 Å². The molecule has 5 heterocycles. The Labute approximate surface area is 183 Å². The van der Waals surface area contributed by atoms with E-state index in [1.807, 2.05) is 6.07 Å². The Bertz CT molecular complexity index is 1120. The summed E-state index contributed by atoms with van der Waals surface area (Å²) in [6.07, 6.45) is 5.31. The van der Waals surface area contributed by atoms with Gasteiger partial charge in [0.25, 0.3) is 0 Å². The lowest BCUT2D eigenvalue weighted by Gasteiger charge is -2.26. The van der Waals surface area contributed by atoms with Gasteiger partial charge < -0.3 is 10.1 Å². The second-order valence-electron chi connectivity index (χ2n) is 7.40. The van der Waals surface area contributed by atoms with Gasteiger partial charge in [0.2, 0.25) is 5.95 Å². The van der Waals surface area contributed by atoms with E-state index in [2.05, 4.69) is 52.2 Å². The van der Waals surface area contributed by atoms with Crippen molar-refractivity contribution in [3.63, 3.8) is 0 Å². The van der Waals surface area contributed by atoms with Crippen molar-refractivity contribution < 1.29 is 4.74 Å². The number of aromatic nitrogens is 6. The molecule has 0 saturated carbocycles. The highest BCUT2D eigenvalue weighted by molar-refractivity contribution is 7.07. The molecule has 0 aliphatic carbocycles. The summed E-state index contributed by atoms with van der Waals surface area (Å²) < 4.78 is 5.38. The number of aryl methyl sites for hydroxylation is 2. The highest BCUT2D eigenvalue weighted by Crippen LogP contribution is 2.24. The zero-order valence-electron chi connectivity index (χ0n) is 17.1. The predicted molar refractivity (Wildman–Crippen MR) is 120 cm³/mol. The van der Waals surface area contributed by atoms with E-state index in [1.165, 1.54) is 5.56 Å². The third kappa shape index (κ3) is 4.87. The van der Waals surface area contributed by atoms with E-state index in [-0.39, 0.29) is 0 Å². The first-order valence-corrected chi connectivity index (χ1v) is 11.4. The van der Waals surface area contributed by atoms with Crippen molar-refractivity contribution in [1.82, 2.24) is 35.0 Å². The number of nitrogens with zero attached hydrogens (tertiary/aromatic N) is 6. The van der Waals surface area contributed by atoms with Crippen LogP contribution in [-0.2, 0) is 17.6 Å². The van der Waals surface area contributed by atoms with Gasteiger partial charge in [0.1, 0.15) is 5.82 Å². The molecule has 0 bridgehead atoms. The fourth-order valence-electron chi connectivity index (χ4n) is 3.58. The third-order valence-electron chi connectivity index (χ3n) is 5.31. The van der Waals surface area contributed by atoms with Gasteiger partial charge in [0.15, 0.2) is 5.65 Å². The number of morpholine rings is 1. The molecule has 10 heteroatoms. The van der Waals surface area contributed by atoms with Gasteiger partial charge in [-0.3, -0.25) is 10.00 Å². The predicted octanol–water partition coefficient (Wildman–Crippen LogP) is 2.40. The quantitative estimate of drug-likeness (QED) is 0.434. The number of anilines is 1. The van der Waals surface area contributed by atoms with Crippen LogP contribution in [0.1, 0.15) is 11.4 Å². The van der Waals surface area contributed by atoms with Crippen LogP contribution in [0.3, 0.4) is 0 Å². The molecule has 0 atom stereocenters. The molecule has 4 aromatic rings. The maximum Gasteiger partial charge on any atom is 0.224 e. The van der Waals surface area contributed by atoms with Crippen molar-refractivity contribution in [2.75, 3.05) is 44.7 Å². The summed E-state index contributed by atoms with van der Waals surface area (Å²) in [6, 6.07) is 4.02. The van der Waals surface area contributed by atoms with Gasteiger partial charge in [-0.25, -0.2) is 15.0 Å². The minimum atomic E-state index is 0.581. The molecule has 9 nitrogen and oxygen atoms in total. The summed E-state index contributed by atoms with van der Waals surface area (Å²) in [4.78, 5) is 20.5. The molecular weight excluding hydrogens is 412 g/mol. The first kappa shape index (κ1) is 20.0. The highest BCUT2D eigenvalue weighted by Gasteiger charge is 2.13. The summed E-state index contributed by atoms with van der Waals surface area (Å²) in [6.45, 7) is 5.26. The van der Waals surface area contributed by atoms with Crippen LogP contribution in [0, 0.1) is 0 Å². The molecular formula is C21H24N8OS. The van der Waals surface area contributed by atoms with E-state index in [9.17, 15) is 0 Å². The third-order valence-corrected chi connectivity index (χ3v) is 6.04. The van der Waals surface area contributed by atoms with Crippen molar-refractivity contribution in [3.8, 4) is 11.4 Å². The minimum Gasteiger partial charge on any atom is -0.379 e. The van der Waals surface area contributed by atoms with Crippen LogP contribution in [0.4, 0.5) is 5.95 Å². The second-order valence-corrected chi connectivity index (χ2v) is 8.18. The van der Waals surface area contributed by atoms with Crippen LogP contribution < -0.4 is 5.32 Å². The normalized spacial score (nSPS) is 14.8. The van der Waals surface area contributed by atoms with Crippen molar-refractivity contribution in [3.05, 3.63) is 46.7 Å². The zero-order valence-corrected chi connectivity index (χ0v) is 17.9. The van der Waals surface area contributed by atoms with Crippen LogP contribution in [0.25, 0.3) is 22.4 Å². The Kier molecular flexibility index (Phi) is 6.10. The average molecular weight is 437 g/mol. The van der Waals surface area contributed by atoms with E-state index in [0.29, 0.717) is 11.6 Å².